The molecule has 5 heteroatoms. The zero-order valence-electron chi connectivity index (χ0n) is 20.1. The number of benzene rings is 5. The Bertz CT molecular complexity index is 1520. The van der Waals surface area contributed by atoms with Crippen molar-refractivity contribution in [3.63, 3.8) is 0 Å². The van der Waals surface area contributed by atoms with Crippen molar-refractivity contribution >= 4 is 59.0 Å². The van der Waals surface area contributed by atoms with Crippen molar-refractivity contribution in [1.82, 2.24) is 0 Å². The lowest BCUT2D eigenvalue weighted by Gasteiger charge is -2.33. The molecule has 1 spiro atoms. The van der Waals surface area contributed by atoms with Gasteiger partial charge in [0.05, 0.1) is 17.3 Å². The van der Waals surface area contributed by atoms with Crippen LogP contribution in [-0.2, 0) is 8.88 Å². The number of rotatable bonds is 3. The number of fused-ring (bicyclic) bond motifs is 4. The summed E-state index contributed by atoms with van der Waals surface area (Å²) in [5.74, 6) is 0. The normalized spacial score (nSPS) is 23.4. The third-order valence-electron chi connectivity index (χ3n) is 7.65. The highest BCUT2D eigenvalue weighted by Crippen LogP contribution is 2.67. The summed E-state index contributed by atoms with van der Waals surface area (Å²) >= 11 is 0. The molecule has 0 fully saturated rings. The molecule has 7 rings (SSSR count). The third kappa shape index (κ3) is 2.95. The first-order valence-electron chi connectivity index (χ1n) is 12.4. The van der Waals surface area contributed by atoms with E-state index in [1.165, 1.54) is 37.4 Å². The van der Waals surface area contributed by atoms with Crippen LogP contribution in [0.25, 0.3) is 0 Å². The topological polar surface area (TPSA) is 18.5 Å². The van der Waals surface area contributed by atoms with Gasteiger partial charge in [-0.1, -0.05) is 102 Å². The van der Waals surface area contributed by atoms with E-state index in [2.05, 4.69) is 146 Å². The zero-order valence-corrected chi connectivity index (χ0v) is 21.9. The summed E-state index contributed by atoms with van der Waals surface area (Å²) in [4.78, 5) is 0. The summed E-state index contributed by atoms with van der Waals surface area (Å²) in [6.07, 6.45) is 0. The highest BCUT2D eigenvalue weighted by Gasteiger charge is 2.67. The largest absolute Gasteiger partial charge is 0.384 e. The minimum Gasteiger partial charge on any atom is -0.384 e. The Labute approximate surface area is 213 Å². The van der Waals surface area contributed by atoms with E-state index in [-0.39, 0.29) is 0 Å². The second kappa shape index (κ2) is 8.24. The lowest BCUT2D eigenvalue weighted by molar-refractivity contribution is 0.482. The molecule has 5 aromatic carbocycles. The average Bonchev–Trinajstić information content (AvgIpc) is 3.41. The maximum Gasteiger partial charge on any atom is 0.383 e. The maximum atomic E-state index is 7.66. The molecule has 2 nitrogen and oxygen atoms in total. The fourth-order valence-corrected chi connectivity index (χ4v) is 13.4. The fourth-order valence-electron chi connectivity index (χ4n) is 6.08. The van der Waals surface area contributed by atoms with Gasteiger partial charge in [0.15, 0.2) is 15.0 Å². The van der Waals surface area contributed by atoms with Crippen LogP contribution in [0, 0.1) is 0 Å². The summed E-state index contributed by atoms with van der Waals surface area (Å²) in [5.41, 5.74) is 2.38. The molecule has 2 atom stereocenters. The molecule has 0 radical (unpaired) electrons. The minimum absolute atomic E-state index is 1.19. The van der Waals surface area contributed by atoms with Gasteiger partial charge in [-0.3, -0.25) is 0 Å². The van der Waals surface area contributed by atoms with Crippen molar-refractivity contribution < 1.29 is 8.88 Å². The maximum absolute atomic E-state index is 7.66. The van der Waals surface area contributed by atoms with Gasteiger partial charge >= 0.3 is 6.55 Å². The van der Waals surface area contributed by atoms with E-state index in [9.17, 15) is 0 Å². The monoisotopic (exact) mass is 503 g/mol. The van der Waals surface area contributed by atoms with E-state index in [1.807, 2.05) is 0 Å². The highest BCUT2D eigenvalue weighted by molar-refractivity contribution is 7.95. The standard InChI is InChI=1S/C31H26BO2P2/c1-35(25-15-5-2-6-16-25)30-23-13-11-21-28(30)32(33-35)29-22-12-14-24-31(29)36(34-32,26-17-7-3-8-18-26)27-19-9-4-10-20-27/h2-24H,1H3/q+1. The number of hydrogen-bond acceptors (Lipinski definition) is 2. The highest BCUT2D eigenvalue weighted by atomic mass is 31.2. The Morgan fingerprint density at radius 3 is 1.42 bits per heavy atom. The number of hydrogen-bond donors (Lipinski definition) is 0. The van der Waals surface area contributed by atoms with Gasteiger partial charge in [0.2, 0.25) is 0 Å². The van der Waals surface area contributed by atoms with Crippen LogP contribution in [0.3, 0.4) is 0 Å². The smallest absolute Gasteiger partial charge is 0.383 e. The van der Waals surface area contributed by atoms with Gasteiger partial charge in [-0.2, -0.15) is 0 Å². The van der Waals surface area contributed by atoms with Crippen molar-refractivity contribution in [3.8, 4) is 0 Å². The van der Waals surface area contributed by atoms with Gasteiger partial charge in [0, 0.05) is 0 Å². The summed E-state index contributed by atoms with van der Waals surface area (Å²) < 4.78 is 15.1. The van der Waals surface area contributed by atoms with Crippen LogP contribution in [0.1, 0.15) is 0 Å². The van der Waals surface area contributed by atoms with Crippen molar-refractivity contribution in [2.45, 2.75) is 0 Å². The molecule has 2 aliphatic heterocycles. The Balaban J connectivity index is 1.55. The summed E-state index contributed by atoms with van der Waals surface area (Å²) in [6, 6.07) is 49.7. The van der Waals surface area contributed by atoms with Gasteiger partial charge < -0.3 is 8.88 Å². The second-order valence-corrected chi connectivity index (χ2v) is 15.6. The molecule has 174 valence electrons. The van der Waals surface area contributed by atoms with E-state index >= 15 is 0 Å². The Morgan fingerprint density at radius 2 is 0.861 bits per heavy atom. The molecule has 0 amide bonds. The van der Waals surface area contributed by atoms with Gasteiger partial charge in [-0.25, -0.2) is 0 Å². The molecule has 0 aromatic heterocycles. The van der Waals surface area contributed by atoms with Crippen molar-refractivity contribution in [2.24, 2.45) is 0 Å². The van der Waals surface area contributed by atoms with Gasteiger partial charge in [0.1, 0.15) is 15.9 Å². The van der Waals surface area contributed by atoms with Crippen LogP contribution >= 0.6 is 15.0 Å². The summed E-state index contributed by atoms with van der Waals surface area (Å²) in [7, 11) is -4.59. The van der Waals surface area contributed by atoms with Gasteiger partial charge in [-0.15, -0.1) is 0 Å². The van der Waals surface area contributed by atoms with E-state index < -0.39 is 21.5 Å². The molecule has 0 saturated carbocycles. The molecule has 2 aliphatic rings. The van der Waals surface area contributed by atoms with Gasteiger partial charge in [0.25, 0.3) is 0 Å². The Hall–Kier alpha value is -3.06. The minimum atomic E-state index is -2.44. The molecular formula is C31H26BO2P2+. The van der Waals surface area contributed by atoms with Crippen LogP contribution in [-0.4, -0.2) is 13.2 Å². The van der Waals surface area contributed by atoms with E-state index in [0.717, 1.165) is 0 Å². The molecule has 0 N–H and O–H groups in total. The molecule has 0 bridgehead atoms. The predicted octanol–water partition coefficient (Wildman–Crippen LogP) is 4.03. The van der Waals surface area contributed by atoms with Crippen LogP contribution in [0.4, 0.5) is 0 Å². The molecule has 0 saturated heterocycles. The third-order valence-corrected chi connectivity index (χ3v) is 14.7. The van der Waals surface area contributed by atoms with Crippen molar-refractivity contribution in [1.29, 1.82) is 0 Å². The SMILES string of the molecule is C[P+]1(c2ccccc2)O[B-]2(O[P+](c3ccccc3)(c3ccccc3)c3ccccc32)c2ccccc21. The molecule has 36 heavy (non-hydrogen) atoms. The zero-order chi connectivity index (χ0) is 24.2. The summed E-state index contributed by atoms with van der Waals surface area (Å²) in [6.45, 7) is 0.403. The first-order chi connectivity index (χ1) is 17.7. The second-order valence-electron chi connectivity index (χ2n) is 9.58. The molecule has 2 heterocycles. The van der Waals surface area contributed by atoms with Crippen molar-refractivity contribution in [2.75, 3.05) is 6.66 Å². The fraction of sp³-hybridized carbons (Fsp3) is 0.0323. The molecular weight excluding hydrogens is 477 g/mol. The van der Waals surface area contributed by atoms with E-state index in [4.69, 9.17) is 8.88 Å². The molecule has 2 unspecified atom stereocenters. The van der Waals surface area contributed by atoms with Crippen molar-refractivity contribution in [3.05, 3.63) is 140 Å². The summed E-state index contributed by atoms with van der Waals surface area (Å²) in [5, 5.41) is 6.23. The van der Waals surface area contributed by atoms with E-state index in [0.29, 0.717) is 0 Å². The van der Waals surface area contributed by atoms with Crippen LogP contribution in [0.2, 0.25) is 0 Å². The lowest BCUT2D eigenvalue weighted by atomic mass is 9.47. The first-order valence-corrected chi connectivity index (χ1v) is 16.2. The average molecular weight is 503 g/mol. The van der Waals surface area contributed by atoms with E-state index in [1.54, 1.807) is 0 Å². The predicted molar refractivity (Wildman–Crippen MR) is 157 cm³/mol. The van der Waals surface area contributed by atoms with Crippen LogP contribution in [0.15, 0.2) is 140 Å². The lowest BCUT2D eigenvalue weighted by Crippen LogP contribution is -2.60. The quantitative estimate of drug-likeness (QED) is 0.274. The molecule has 5 aromatic rings. The van der Waals surface area contributed by atoms with Crippen LogP contribution in [0.5, 0.6) is 0 Å². The Kier molecular flexibility index (Phi) is 5.07. The Morgan fingerprint density at radius 1 is 0.444 bits per heavy atom. The van der Waals surface area contributed by atoms with Gasteiger partial charge in [-0.05, 0) is 48.5 Å². The first kappa shape index (κ1) is 22.2. The molecule has 0 aliphatic carbocycles. The van der Waals surface area contributed by atoms with Crippen LogP contribution < -0.4 is 37.4 Å².